The fourth-order valence-corrected chi connectivity index (χ4v) is 1.80. The van der Waals surface area contributed by atoms with Crippen molar-refractivity contribution in [3.63, 3.8) is 0 Å². The highest BCUT2D eigenvalue weighted by Crippen LogP contribution is 2.23. The summed E-state index contributed by atoms with van der Waals surface area (Å²) in [5.74, 6) is -0.428. The predicted molar refractivity (Wildman–Crippen MR) is 82.6 cm³/mol. The molecule has 1 rings (SSSR count). The number of rotatable bonds is 5. The van der Waals surface area contributed by atoms with Crippen LogP contribution in [-0.2, 0) is 0 Å². The third-order valence-corrected chi connectivity index (χ3v) is 3.24. The number of urea groups is 1. The minimum atomic E-state index is -0.633. The van der Waals surface area contributed by atoms with Crippen LogP contribution in [0.1, 0.15) is 24.5 Å². The first kappa shape index (κ1) is 17.8. The minimum absolute atomic E-state index is 0.0950. The number of aryl methyl sites for hydroxylation is 1. The van der Waals surface area contributed by atoms with E-state index >= 15 is 0 Å². The summed E-state index contributed by atoms with van der Waals surface area (Å²) >= 11 is 11.5. The monoisotopic (exact) mass is 334 g/mol. The van der Waals surface area contributed by atoms with E-state index in [-0.39, 0.29) is 16.7 Å². The van der Waals surface area contributed by atoms with Crippen LogP contribution >= 0.6 is 23.2 Å². The lowest BCUT2D eigenvalue weighted by molar-refractivity contribution is 0.167. The molecule has 0 spiro atoms. The molecule has 7 heteroatoms. The van der Waals surface area contributed by atoms with Gasteiger partial charge in [0.05, 0.1) is 11.8 Å². The van der Waals surface area contributed by atoms with E-state index in [9.17, 15) is 14.3 Å². The first-order valence-electron chi connectivity index (χ1n) is 6.39. The molecule has 0 aliphatic heterocycles. The normalized spacial score (nSPS) is 11.7. The molecule has 21 heavy (non-hydrogen) atoms. The molecule has 0 radical (unpaired) electrons. The van der Waals surface area contributed by atoms with Crippen molar-refractivity contribution in [2.75, 3.05) is 6.54 Å². The Balaban J connectivity index is 2.82. The molecular weight excluding hydrogens is 318 g/mol. The molecule has 1 aromatic carbocycles. The van der Waals surface area contributed by atoms with E-state index in [2.05, 4.69) is 10.6 Å². The number of hydrogen-bond acceptors (Lipinski definition) is 2. The summed E-state index contributed by atoms with van der Waals surface area (Å²) in [5, 5.41) is 14.3. The highest BCUT2D eigenvalue weighted by molar-refractivity contribution is 6.58. The molecule has 1 aromatic rings. The van der Waals surface area contributed by atoms with Crippen LogP contribution in [-0.4, -0.2) is 23.8 Å². The molecule has 0 bridgehead atoms. The van der Waals surface area contributed by atoms with E-state index in [1.165, 1.54) is 6.07 Å². The van der Waals surface area contributed by atoms with Gasteiger partial charge >= 0.3 is 6.03 Å². The Morgan fingerprint density at radius 3 is 2.62 bits per heavy atom. The third kappa shape index (κ3) is 5.53. The summed E-state index contributed by atoms with van der Waals surface area (Å²) in [6.45, 7) is 3.51. The SMILES string of the molecule is CC[C@H](O)CNC(=O)NC(=C(Cl)Cl)c1ccc(C)c(F)c1. The van der Waals surface area contributed by atoms with Crippen molar-refractivity contribution in [1.82, 2.24) is 10.6 Å². The van der Waals surface area contributed by atoms with Crippen molar-refractivity contribution in [1.29, 1.82) is 0 Å². The summed E-state index contributed by atoms with van der Waals surface area (Å²) in [6.07, 6.45) is -0.117. The van der Waals surface area contributed by atoms with E-state index < -0.39 is 18.0 Å². The zero-order valence-corrected chi connectivity index (χ0v) is 13.2. The van der Waals surface area contributed by atoms with Gasteiger partial charge in [0.2, 0.25) is 0 Å². The van der Waals surface area contributed by atoms with E-state index in [0.717, 1.165) is 0 Å². The second-order valence-electron chi connectivity index (χ2n) is 4.50. The first-order valence-corrected chi connectivity index (χ1v) is 7.15. The third-order valence-electron chi connectivity index (χ3n) is 2.86. The van der Waals surface area contributed by atoms with Gasteiger partial charge in [0.25, 0.3) is 0 Å². The number of amides is 2. The zero-order chi connectivity index (χ0) is 16.0. The molecule has 0 fully saturated rings. The largest absolute Gasteiger partial charge is 0.391 e. The van der Waals surface area contributed by atoms with Gasteiger partial charge in [0.1, 0.15) is 10.3 Å². The average molecular weight is 335 g/mol. The number of hydrogen-bond donors (Lipinski definition) is 3. The maximum Gasteiger partial charge on any atom is 0.319 e. The molecule has 0 aliphatic rings. The van der Waals surface area contributed by atoms with Gasteiger partial charge in [0.15, 0.2) is 0 Å². The molecule has 0 unspecified atom stereocenters. The quantitative estimate of drug-likeness (QED) is 0.773. The van der Waals surface area contributed by atoms with Gasteiger partial charge in [-0.1, -0.05) is 42.3 Å². The Bertz CT molecular complexity index is 546. The number of benzene rings is 1. The topological polar surface area (TPSA) is 61.4 Å². The van der Waals surface area contributed by atoms with Crippen molar-refractivity contribution in [2.45, 2.75) is 26.4 Å². The van der Waals surface area contributed by atoms with E-state index in [1.54, 1.807) is 26.0 Å². The fourth-order valence-electron chi connectivity index (χ4n) is 1.49. The van der Waals surface area contributed by atoms with Crippen LogP contribution in [0.2, 0.25) is 0 Å². The van der Waals surface area contributed by atoms with E-state index in [0.29, 0.717) is 17.5 Å². The van der Waals surface area contributed by atoms with Crippen LogP contribution in [0, 0.1) is 12.7 Å². The highest BCUT2D eigenvalue weighted by atomic mass is 35.5. The van der Waals surface area contributed by atoms with Gasteiger partial charge in [-0.15, -0.1) is 0 Å². The number of aliphatic hydroxyl groups is 1. The van der Waals surface area contributed by atoms with Crippen molar-refractivity contribution in [2.24, 2.45) is 0 Å². The van der Waals surface area contributed by atoms with Crippen LogP contribution in [0.5, 0.6) is 0 Å². The number of carbonyl (C=O) groups excluding carboxylic acids is 1. The van der Waals surface area contributed by atoms with Crippen LogP contribution in [0.4, 0.5) is 9.18 Å². The molecular formula is C14H17Cl2FN2O2. The van der Waals surface area contributed by atoms with Crippen molar-refractivity contribution < 1.29 is 14.3 Å². The Hall–Kier alpha value is -1.30. The molecule has 0 saturated carbocycles. The van der Waals surface area contributed by atoms with Gasteiger partial charge in [0, 0.05) is 12.1 Å². The lowest BCUT2D eigenvalue weighted by Gasteiger charge is -2.14. The Kier molecular flexibility index (Phi) is 6.95. The van der Waals surface area contributed by atoms with Crippen LogP contribution in [0.25, 0.3) is 5.70 Å². The zero-order valence-electron chi connectivity index (χ0n) is 11.7. The smallest absolute Gasteiger partial charge is 0.319 e. The molecule has 3 N–H and O–H groups in total. The molecule has 0 aliphatic carbocycles. The van der Waals surface area contributed by atoms with Crippen molar-refractivity contribution >= 4 is 34.9 Å². The molecule has 4 nitrogen and oxygen atoms in total. The summed E-state index contributed by atoms with van der Waals surface area (Å²) < 4.78 is 13.4. The van der Waals surface area contributed by atoms with Gasteiger partial charge in [-0.05, 0) is 25.0 Å². The van der Waals surface area contributed by atoms with E-state index in [4.69, 9.17) is 23.2 Å². The first-order chi connectivity index (χ1) is 9.85. The maximum absolute atomic E-state index is 13.6. The number of aliphatic hydroxyl groups excluding tert-OH is 1. The highest BCUT2D eigenvalue weighted by Gasteiger charge is 2.13. The lowest BCUT2D eigenvalue weighted by atomic mass is 10.1. The molecule has 116 valence electrons. The van der Waals surface area contributed by atoms with Crippen LogP contribution < -0.4 is 10.6 Å². The molecule has 0 aromatic heterocycles. The second kappa shape index (κ2) is 8.22. The predicted octanol–water partition coefficient (Wildman–Crippen LogP) is 3.31. The van der Waals surface area contributed by atoms with Gasteiger partial charge in [-0.2, -0.15) is 0 Å². The van der Waals surface area contributed by atoms with Crippen molar-refractivity contribution in [3.05, 3.63) is 39.6 Å². The Morgan fingerprint density at radius 1 is 1.43 bits per heavy atom. The number of nitrogens with one attached hydrogen (secondary N) is 2. The van der Waals surface area contributed by atoms with Crippen molar-refractivity contribution in [3.8, 4) is 0 Å². The maximum atomic E-state index is 13.6. The average Bonchev–Trinajstić information content (AvgIpc) is 2.44. The second-order valence-corrected chi connectivity index (χ2v) is 5.45. The van der Waals surface area contributed by atoms with Gasteiger partial charge in [-0.3, -0.25) is 0 Å². The van der Waals surface area contributed by atoms with Gasteiger partial charge < -0.3 is 15.7 Å². The number of carbonyl (C=O) groups is 1. The minimum Gasteiger partial charge on any atom is -0.391 e. The molecule has 0 saturated heterocycles. The van der Waals surface area contributed by atoms with Crippen LogP contribution in [0.3, 0.4) is 0 Å². The fraction of sp³-hybridized carbons (Fsp3) is 0.357. The Labute approximate surface area is 132 Å². The molecule has 2 amide bonds. The van der Waals surface area contributed by atoms with Crippen LogP contribution in [0.15, 0.2) is 22.7 Å². The van der Waals surface area contributed by atoms with E-state index in [1.807, 2.05) is 0 Å². The lowest BCUT2D eigenvalue weighted by Crippen LogP contribution is -2.38. The Morgan fingerprint density at radius 2 is 2.10 bits per heavy atom. The molecule has 1 atom stereocenters. The summed E-state index contributed by atoms with van der Waals surface area (Å²) in [4.78, 5) is 11.7. The van der Waals surface area contributed by atoms with Gasteiger partial charge in [-0.25, -0.2) is 9.18 Å². The summed E-state index contributed by atoms with van der Waals surface area (Å²) in [7, 11) is 0. The number of halogens is 3. The summed E-state index contributed by atoms with van der Waals surface area (Å²) in [5.41, 5.74) is 0.921. The summed E-state index contributed by atoms with van der Waals surface area (Å²) in [6, 6.07) is 3.80. The molecule has 0 heterocycles. The standard InChI is InChI=1S/C14H17Cl2FN2O2/c1-3-10(20)7-18-14(21)19-12(13(15)16)9-5-4-8(2)11(17)6-9/h4-6,10,20H,3,7H2,1-2H3,(H2,18,19,21)/t10-/m0/s1.